The van der Waals surface area contributed by atoms with Gasteiger partial charge in [-0.2, -0.15) is 0 Å². The Morgan fingerprint density at radius 3 is 2.88 bits per heavy atom. The Kier molecular flexibility index (Phi) is 4.06. The van der Waals surface area contributed by atoms with E-state index >= 15 is 0 Å². The minimum Gasteiger partial charge on any atom is -0.258 e. The van der Waals surface area contributed by atoms with E-state index < -0.39 is 10.8 Å². The molecule has 4 rings (SSSR count). The maximum absolute atomic E-state index is 12.4. The molecule has 1 aromatic carbocycles. The highest BCUT2D eigenvalue weighted by atomic mass is 32.2. The number of amides is 2. The summed E-state index contributed by atoms with van der Waals surface area (Å²) in [5.74, 6) is 0.508. The molecule has 1 atom stereocenters. The number of hydrazine groups is 1. The van der Waals surface area contributed by atoms with E-state index in [1.807, 2.05) is 35.7 Å². The summed E-state index contributed by atoms with van der Waals surface area (Å²) in [6.07, 6.45) is 1.53. The van der Waals surface area contributed by atoms with Crippen molar-refractivity contribution in [3.8, 4) is 11.3 Å². The highest BCUT2D eigenvalue weighted by Gasteiger charge is 2.37. The molecule has 0 aliphatic carbocycles. The van der Waals surface area contributed by atoms with Gasteiger partial charge in [-0.05, 0) is 0 Å². The normalized spacial score (nSPS) is 17.7. The molecule has 0 radical (unpaired) electrons. The van der Waals surface area contributed by atoms with Crippen molar-refractivity contribution in [3.63, 3.8) is 0 Å². The maximum atomic E-state index is 12.4. The Morgan fingerprint density at radius 1 is 1.32 bits per heavy atom. The summed E-state index contributed by atoms with van der Waals surface area (Å²) in [4.78, 5) is 22.9. The van der Waals surface area contributed by atoms with E-state index in [0.717, 1.165) is 11.3 Å². The summed E-state index contributed by atoms with van der Waals surface area (Å²) >= 11 is 1.46. The van der Waals surface area contributed by atoms with Crippen LogP contribution in [0.25, 0.3) is 11.3 Å². The van der Waals surface area contributed by atoms with E-state index in [9.17, 15) is 9.00 Å². The number of rotatable bonds is 4. The fourth-order valence-corrected chi connectivity index (χ4v) is 3.88. The van der Waals surface area contributed by atoms with Crippen LogP contribution in [-0.4, -0.2) is 55.5 Å². The molecule has 0 bridgehead atoms. The van der Waals surface area contributed by atoms with Crippen LogP contribution in [0.4, 0.5) is 4.79 Å². The smallest absolute Gasteiger partial charge is 0.258 e. The molecule has 10 heteroatoms. The first-order valence-corrected chi connectivity index (χ1v) is 10.0. The van der Waals surface area contributed by atoms with E-state index in [2.05, 4.69) is 20.6 Å². The number of nitrogens with zero attached hydrogens (tertiary/aromatic N) is 5. The Balaban J connectivity index is 1.59. The number of nitrogens with one attached hydrogen (secondary N) is 1. The predicted octanol–water partition coefficient (Wildman–Crippen LogP) is 1.46. The highest BCUT2D eigenvalue weighted by Crippen LogP contribution is 2.25. The number of thiazole rings is 1. The van der Waals surface area contributed by atoms with Crippen molar-refractivity contribution in [2.75, 3.05) is 18.8 Å². The van der Waals surface area contributed by atoms with Crippen LogP contribution in [0.15, 0.2) is 45.8 Å². The van der Waals surface area contributed by atoms with Gasteiger partial charge >= 0.3 is 6.03 Å². The van der Waals surface area contributed by atoms with Gasteiger partial charge in [0.2, 0.25) is 0 Å². The SMILES string of the molecule is CS(=O)CN1NN=C2C(c3nc(-c4ccccc4)cs3)=NCN2C1=O. The zero-order chi connectivity index (χ0) is 17.4. The molecule has 0 saturated carbocycles. The predicted molar refractivity (Wildman–Crippen MR) is 97.5 cm³/mol. The second-order valence-electron chi connectivity index (χ2n) is 5.43. The lowest BCUT2D eigenvalue weighted by atomic mass is 10.2. The number of hydrogen-bond acceptors (Lipinski definition) is 7. The molecule has 1 aromatic heterocycles. The quantitative estimate of drug-likeness (QED) is 0.877. The molecule has 0 spiro atoms. The van der Waals surface area contributed by atoms with Gasteiger partial charge in [-0.1, -0.05) is 30.3 Å². The first-order chi connectivity index (χ1) is 12.1. The van der Waals surface area contributed by atoms with Crippen molar-refractivity contribution < 1.29 is 9.00 Å². The van der Waals surface area contributed by atoms with Gasteiger partial charge in [0.15, 0.2) is 5.84 Å². The Hall–Kier alpha value is -2.59. The van der Waals surface area contributed by atoms with Gasteiger partial charge in [-0.25, -0.2) is 20.3 Å². The van der Waals surface area contributed by atoms with E-state index in [-0.39, 0.29) is 18.6 Å². The first kappa shape index (κ1) is 15.9. The molecule has 25 heavy (non-hydrogen) atoms. The molecule has 3 heterocycles. The fraction of sp³-hybridized carbons (Fsp3) is 0.200. The average Bonchev–Trinajstić information content (AvgIpc) is 3.25. The van der Waals surface area contributed by atoms with Crippen LogP contribution >= 0.6 is 11.3 Å². The van der Waals surface area contributed by atoms with Gasteiger partial charge in [-0.15, -0.1) is 16.4 Å². The van der Waals surface area contributed by atoms with Crippen molar-refractivity contribution in [1.29, 1.82) is 0 Å². The average molecular weight is 374 g/mol. The third kappa shape index (κ3) is 2.94. The Labute approximate surface area is 150 Å². The molecule has 1 N–H and O–H groups in total. The lowest BCUT2D eigenvalue weighted by Crippen LogP contribution is -2.55. The molecular weight excluding hydrogens is 360 g/mol. The first-order valence-electron chi connectivity index (χ1n) is 7.42. The molecule has 2 amide bonds. The standard InChI is InChI=1S/C15H14N6O2S2/c1-25(23)9-21-15(22)20-8-16-12(13(20)18-19-21)14-17-11(7-24-14)10-5-3-2-4-6-10/h2-7,19H,8-9H2,1H3. The van der Waals surface area contributed by atoms with Gasteiger partial charge in [0, 0.05) is 28.0 Å². The van der Waals surface area contributed by atoms with Gasteiger partial charge in [0.25, 0.3) is 0 Å². The summed E-state index contributed by atoms with van der Waals surface area (Å²) in [6.45, 7) is 0.182. The van der Waals surface area contributed by atoms with Crippen LogP contribution in [0.1, 0.15) is 5.01 Å². The number of urea groups is 1. The summed E-state index contributed by atoms with van der Waals surface area (Å²) in [7, 11) is -1.16. The largest absolute Gasteiger partial charge is 0.348 e. The van der Waals surface area contributed by atoms with Crippen molar-refractivity contribution in [2.24, 2.45) is 10.1 Å². The van der Waals surface area contributed by atoms with Crippen molar-refractivity contribution in [1.82, 2.24) is 20.4 Å². The number of amidine groups is 1. The van der Waals surface area contributed by atoms with Gasteiger partial charge in [-0.3, -0.25) is 14.1 Å². The molecule has 8 nitrogen and oxygen atoms in total. The van der Waals surface area contributed by atoms with Crippen LogP contribution in [0.5, 0.6) is 0 Å². The molecule has 2 aliphatic heterocycles. The van der Waals surface area contributed by atoms with Crippen LogP contribution in [0.3, 0.4) is 0 Å². The van der Waals surface area contributed by atoms with Gasteiger partial charge in [0.1, 0.15) is 23.3 Å². The summed E-state index contributed by atoms with van der Waals surface area (Å²) < 4.78 is 11.3. The second-order valence-corrected chi connectivity index (χ2v) is 7.69. The van der Waals surface area contributed by atoms with Gasteiger partial charge < -0.3 is 0 Å². The fourth-order valence-electron chi connectivity index (χ4n) is 2.52. The molecule has 1 unspecified atom stereocenters. The van der Waals surface area contributed by atoms with Gasteiger partial charge in [0.05, 0.1) is 5.69 Å². The lowest BCUT2D eigenvalue weighted by Gasteiger charge is -2.30. The molecule has 2 aliphatic rings. The lowest BCUT2D eigenvalue weighted by molar-refractivity contribution is 0.155. The highest BCUT2D eigenvalue weighted by molar-refractivity contribution is 7.84. The van der Waals surface area contributed by atoms with Crippen LogP contribution in [0, 0.1) is 0 Å². The number of carbonyl (C=O) groups excluding carboxylic acids is 1. The van der Waals surface area contributed by atoms with Crippen molar-refractivity contribution in [3.05, 3.63) is 40.7 Å². The summed E-state index contributed by atoms with van der Waals surface area (Å²) in [5.41, 5.74) is 5.12. The third-order valence-corrected chi connectivity index (χ3v) is 5.13. The maximum Gasteiger partial charge on any atom is 0.348 e. The second kappa shape index (κ2) is 6.37. The number of aliphatic imine (C=N–C) groups is 1. The third-order valence-electron chi connectivity index (χ3n) is 3.66. The molecule has 0 fully saturated rings. The number of hydrazone groups is 1. The number of hydrogen-bond donors (Lipinski definition) is 1. The van der Waals surface area contributed by atoms with E-state index in [4.69, 9.17) is 0 Å². The van der Waals surface area contributed by atoms with E-state index in [1.165, 1.54) is 27.5 Å². The Bertz CT molecular complexity index is 908. The molecule has 2 aromatic rings. The zero-order valence-corrected chi connectivity index (χ0v) is 14.9. The summed E-state index contributed by atoms with van der Waals surface area (Å²) in [5, 5.41) is 8.10. The van der Waals surface area contributed by atoms with Crippen molar-refractivity contribution >= 4 is 39.7 Å². The number of benzene rings is 1. The molecule has 0 saturated heterocycles. The number of carbonyl (C=O) groups is 1. The van der Waals surface area contributed by atoms with Crippen LogP contribution < -0.4 is 5.53 Å². The zero-order valence-electron chi connectivity index (χ0n) is 13.2. The van der Waals surface area contributed by atoms with E-state index in [0.29, 0.717) is 16.6 Å². The topological polar surface area (TPSA) is 90.3 Å². The minimum atomic E-state index is -1.16. The summed E-state index contributed by atoms with van der Waals surface area (Å²) in [6, 6.07) is 9.55. The molecular formula is C15H14N6O2S2. The molecule has 128 valence electrons. The van der Waals surface area contributed by atoms with Crippen LogP contribution in [0.2, 0.25) is 0 Å². The van der Waals surface area contributed by atoms with E-state index in [1.54, 1.807) is 0 Å². The Morgan fingerprint density at radius 2 is 2.12 bits per heavy atom. The number of fused-ring (bicyclic) bond motifs is 1. The van der Waals surface area contributed by atoms with Crippen molar-refractivity contribution in [2.45, 2.75) is 0 Å². The van der Waals surface area contributed by atoms with Crippen LogP contribution in [-0.2, 0) is 10.8 Å². The number of aromatic nitrogens is 1. The monoisotopic (exact) mass is 374 g/mol. The minimum absolute atomic E-state index is 0.0663.